The van der Waals surface area contributed by atoms with Crippen molar-refractivity contribution in [3.8, 4) is 0 Å². The molecule has 0 fully saturated rings. The standard InChI is InChI=1S/C12H11BrO2/c13-10-3-1-8(2-4-10)9-5-11(14)7-12(15)6-9/h1-4,7,9,14H,5-6H2/t9-/m0/s1. The SMILES string of the molecule is O=C1C=C(O)C[C@H](c2ccc(Br)cc2)C1. The van der Waals surface area contributed by atoms with Crippen LogP contribution >= 0.6 is 15.9 Å². The van der Waals surface area contributed by atoms with Crippen LogP contribution in [0.25, 0.3) is 0 Å². The first-order valence-electron chi connectivity index (χ1n) is 4.83. The van der Waals surface area contributed by atoms with E-state index in [4.69, 9.17) is 0 Å². The molecule has 1 aromatic rings. The molecule has 0 saturated carbocycles. The maximum absolute atomic E-state index is 11.3. The monoisotopic (exact) mass is 266 g/mol. The molecule has 0 radical (unpaired) electrons. The Morgan fingerprint density at radius 1 is 1.20 bits per heavy atom. The molecule has 0 bridgehead atoms. The minimum atomic E-state index is 0.00617. The smallest absolute Gasteiger partial charge is 0.159 e. The van der Waals surface area contributed by atoms with Crippen LogP contribution in [0, 0.1) is 0 Å². The van der Waals surface area contributed by atoms with E-state index in [2.05, 4.69) is 15.9 Å². The second-order valence-electron chi connectivity index (χ2n) is 3.76. The van der Waals surface area contributed by atoms with Gasteiger partial charge in [-0.15, -0.1) is 0 Å². The van der Waals surface area contributed by atoms with E-state index >= 15 is 0 Å². The summed E-state index contributed by atoms with van der Waals surface area (Å²) in [5, 5.41) is 9.40. The number of aliphatic hydroxyl groups is 1. The third-order valence-electron chi connectivity index (χ3n) is 2.57. The number of halogens is 1. The number of hydrogen-bond donors (Lipinski definition) is 1. The first kappa shape index (κ1) is 10.4. The molecule has 15 heavy (non-hydrogen) atoms. The fourth-order valence-corrected chi connectivity index (χ4v) is 2.11. The number of allylic oxidation sites excluding steroid dienone is 2. The topological polar surface area (TPSA) is 37.3 Å². The predicted octanol–water partition coefficient (Wildman–Crippen LogP) is 3.34. The predicted molar refractivity (Wildman–Crippen MR) is 61.8 cm³/mol. The third kappa shape index (κ3) is 2.48. The molecule has 1 N–H and O–H groups in total. The van der Waals surface area contributed by atoms with Gasteiger partial charge in [-0.2, -0.15) is 0 Å². The van der Waals surface area contributed by atoms with Crippen LogP contribution in [0.15, 0.2) is 40.6 Å². The van der Waals surface area contributed by atoms with E-state index < -0.39 is 0 Å². The van der Waals surface area contributed by atoms with Gasteiger partial charge in [-0.05, 0) is 23.6 Å². The quantitative estimate of drug-likeness (QED) is 0.847. The van der Waals surface area contributed by atoms with Crippen LogP contribution < -0.4 is 0 Å². The van der Waals surface area contributed by atoms with Crippen molar-refractivity contribution >= 4 is 21.7 Å². The highest BCUT2D eigenvalue weighted by Crippen LogP contribution is 2.30. The Balaban J connectivity index is 2.22. The zero-order chi connectivity index (χ0) is 10.8. The number of ketones is 1. The molecule has 0 aromatic heterocycles. The van der Waals surface area contributed by atoms with Crippen LogP contribution in [0.1, 0.15) is 24.3 Å². The maximum atomic E-state index is 11.3. The second-order valence-corrected chi connectivity index (χ2v) is 4.67. The summed E-state index contributed by atoms with van der Waals surface area (Å²) in [7, 11) is 0. The number of carbonyl (C=O) groups is 1. The lowest BCUT2D eigenvalue weighted by Crippen LogP contribution is -2.12. The molecule has 3 heteroatoms. The molecule has 0 unspecified atom stereocenters. The number of aliphatic hydroxyl groups excluding tert-OH is 1. The summed E-state index contributed by atoms with van der Waals surface area (Å²) >= 11 is 3.37. The van der Waals surface area contributed by atoms with Gasteiger partial charge in [0.25, 0.3) is 0 Å². The van der Waals surface area contributed by atoms with Crippen LogP contribution in [0.2, 0.25) is 0 Å². The molecule has 0 heterocycles. The average molecular weight is 267 g/mol. The van der Waals surface area contributed by atoms with Gasteiger partial charge in [0.15, 0.2) is 5.78 Å². The van der Waals surface area contributed by atoms with Crippen molar-refractivity contribution in [1.82, 2.24) is 0 Å². The Labute approximate surface area is 96.7 Å². The Kier molecular flexibility index (Phi) is 2.91. The molecule has 0 amide bonds. The van der Waals surface area contributed by atoms with Gasteiger partial charge in [0.05, 0.1) is 5.76 Å². The molecule has 1 aliphatic carbocycles. The van der Waals surface area contributed by atoms with Crippen molar-refractivity contribution in [2.24, 2.45) is 0 Å². The highest BCUT2D eigenvalue weighted by molar-refractivity contribution is 9.10. The first-order valence-corrected chi connectivity index (χ1v) is 5.62. The van der Waals surface area contributed by atoms with Gasteiger partial charge in [0, 0.05) is 23.4 Å². The Bertz CT molecular complexity index is 406. The van der Waals surface area contributed by atoms with Crippen molar-refractivity contribution in [1.29, 1.82) is 0 Å². The van der Waals surface area contributed by atoms with Crippen molar-refractivity contribution in [2.45, 2.75) is 18.8 Å². The van der Waals surface area contributed by atoms with Crippen molar-refractivity contribution in [3.05, 3.63) is 46.1 Å². The summed E-state index contributed by atoms with van der Waals surface area (Å²) in [6.07, 6.45) is 2.38. The number of hydrogen-bond acceptors (Lipinski definition) is 2. The van der Waals surface area contributed by atoms with Gasteiger partial charge >= 0.3 is 0 Å². The van der Waals surface area contributed by atoms with Crippen LogP contribution in [-0.4, -0.2) is 10.9 Å². The fraction of sp³-hybridized carbons (Fsp3) is 0.250. The van der Waals surface area contributed by atoms with Gasteiger partial charge in [-0.25, -0.2) is 0 Å². The van der Waals surface area contributed by atoms with Crippen molar-refractivity contribution < 1.29 is 9.90 Å². The number of benzene rings is 1. The van der Waals surface area contributed by atoms with Crippen LogP contribution in [0.5, 0.6) is 0 Å². The van der Waals surface area contributed by atoms with Gasteiger partial charge in [-0.3, -0.25) is 4.79 Å². The molecule has 1 aromatic carbocycles. The first-order chi connectivity index (χ1) is 7.15. The maximum Gasteiger partial charge on any atom is 0.159 e. The highest BCUT2D eigenvalue weighted by atomic mass is 79.9. The molecule has 0 saturated heterocycles. The molecule has 1 atom stereocenters. The average Bonchev–Trinajstić information content (AvgIpc) is 2.17. The summed E-state index contributed by atoms with van der Waals surface area (Å²) < 4.78 is 1.02. The number of rotatable bonds is 1. The van der Waals surface area contributed by atoms with E-state index in [1.807, 2.05) is 24.3 Å². The third-order valence-corrected chi connectivity index (χ3v) is 3.10. The lowest BCUT2D eigenvalue weighted by molar-refractivity contribution is -0.115. The van der Waals surface area contributed by atoms with Gasteiger partial charge < -0.3 is 5.11 Å². The van der Waals surface area contributed by atoms with Gasteiger partial charge in [0.2, 0.25) is 0 Å². The molecule has 2 rings (SSSR count). The normalized spacial score (nSPS) is 21.3. The van der Waals surface area contributed by atoms with E-state index in [0.717, 1.165) is 10.0 Å². The van der Waals surface area contributed by atoms with E-state index in [1.54, 1.807) is 0 Å². The van der Waals surface area contributed by atoms with Crippen LogP contribution in [-0.2, 0) is 4.79 Å². The largest absolute Gasteiger partial charge is 0.512 e. The van der Waals surface area contributed by atoms with Crippen LogP contribution in [0.4, 0.5) is 0 Å². The molecule has 0 spiro atoms. The zero-order valence-electron chi connectivity index (χ0n) is 8.11. The highest BCUT2D eigenvalue weighted by Gasteiger charge is 2.21. The summed E-state index contributed by atoms with van der Waals surface area (Å²) in [5.74, 6) is 0.321. The minimum Gasteiger partial charge on any atom is -0.512 e. The molecule has 2 nitrogen and oxygen atoms in total. The molecular formula is C12H11BrO2. The number of carbonyl (C=O) groups excluding carboxylic acids is 1. The van der Waals surface area contributed by atoms with E-state index in [1.165, 1.54) is 6.08 Å². The fourth-order valence-electron chi connectivity index (χ4n) is 1.84. The molecule has 1 aliphatic rings. The van der Waals surface area contributed by atoms with E-state index in [9.17, 15) is 9.90 Å². The molecular weight excluding hydrogens is 256 g/mol. The van der Waals surface area contributed by atoms with Crippen molar-refractivity contribution in [2.75, 3.05) is 0 Å². The summed E-state index contributed by atoms with van der Waals surface area (Å²) in [6.45, 7) is 0. The second kappa shape index (κ2) is 4.19. The summed E-state index contributed by atoms with van der Waals surface area (Å²) in [4.78, 5) is 11.3. The Morgan fingerprint density at radius 2 is 1.87 bits per heavy atom. The lowest BCUT2D eigenvalue weighted by Gasteiger charge is -2.19. The van der Waals surface area contributed by atoms with Gasteiger partial charge in [-0.1, -0.05) is 28.1 Å². The lowest BCUT2D eigenvalue weighted by atomic mass is 9.86. The van der Waals surface area contributed by atoms with Crippen LogP contribution in [0.3, 0.4) is 0 Å². The molecule has 0 aliphatic heterocycles. The van der Waals surface area contributed by atoms with E-state index in [0.29, 0.717) is 12.8 Å². The zero-order valence-corrected chi connectivity index (χ0v) is 9.70. The summed E-state index contributed by atoms with van der Waals surface area (Å²) in [5.41, 5.74) is 1.10. The Hall–Kier alpha value is -1.09. The molecule has 78 valence electrons. The van der Waals surface area contributed by atoms with Crippen molar-refractivity contribution in [3.63, 3.8) is 0 Å². The minimum absolute atomic E-state index is 0.00617. The summed E-state index contributed by atoms with van der Waals surface area (Å²) in [6, 6.07) is 7.88. The van der Waals surface area contributed by atoms with E-state index in [-0.39, 0.29) is 17.5 Å². The van der Waals surface area contributed by atoms with Gasteiger partial charge in [0.1, 0.15) is 0 Å². The Morgan fingerprint density at radius 3 is 2.47 bits per heavy atom.